The molecule has 0 saturated heterocycles. The van der Waals surface area contributed by atoms with Crippen molar-refractivity contribution in [1.29, 1.82) is 0 Å². The van der Waals surface area contributed by atoms with Crippen molar-refractivity contribution in [2.45, 2.75) is 52.2 Å². The molecular weight excluding hydrogens is 437 g/mol. The van der Waals surface area contributed by atoms with E-state index in [9.17, 15) is 14.0 Å². The monoisotopic (exact) mass is 467 g/mol. The first kappa shape index (κ1) is 24.0. The summed E-state index contributed by atoms with van der Waals surface area (Å²) in [5.74, 6) is -0.138. The standard InChI is InChI=1S/C27H30FNO5/c1-4-5-14-33-20-10-7-18(8-11-20)24-23-25(30)21-16-19(28)9-12-22(21)34-26(23)27(31)29(24)13-6-15-32-17(2)3/h7-12,16-17,24H,4-6,13-15H2,1-3H3. The van der Waals surface area contributed by atoms with Crippen molar-refractivity contribution in [2.24, 2.45) is 0 Å². The van der Waals surface area contributed by atoms with Crippen LogP contribution in [0.2, 0.25) is 0 Å². The van der Waals surface area contributed by atoms with Crippen LogP contribution in [0.25, 0.3) is 11.0 Å². The molecule has 2 aromatic carbocycles. The highest BCUT2D eigenvalue weighted by molar-refractivity contribution is 5.99. The summed E-state index contributed by atoms with van der Waals surface area (Å²) in [4.78, 5) is 28.5. The molecule has 7 heteroatoms. The van der Waals surface area contributed by atoms with E-state index in [0.717, 1.165) is 30.2 Å². The number of hydrogen-bond acceptors (Lipinski definition) is 5. The fourth-order valence-corrected chi connectivity index (χ4v) is 4.20. The predicted octanol–water partition coefficient (Wildman–Crippen LogP) is 5.47. The lowest BCUT2D eigenvalue weighted by molar-refractivity contribution is 0.0593. The minimum absolute atomic E-state index is 0.0159. The molecule has 0 N–H and O–H groups in total. The zero-order valence-corrected chi connectivity index (χ0v) is 19.8. The number of amides is 1. The number of nitrogens with zero attached hydrogens (tertiary/aromatic N) is 1. The summed E-state index contributed by atoms with van der Waals surface area (Å²) >= 11 is 0. The summed E-state index contributed by atoms with van der Waals surface area (Å²) in [7, 11) is 0. The number of carbonyl (C=O) groups is 1. The maximum absolute atomic E-state index is 13.9. The molecule has 6 nitrogen and oxygen atoms in total. The lowest BCUT2D eigenvalue weighted by Gasteiger charge is -2.25. The van der Waals surface area contributed by atoms with Crippen LogP contribution in [0, 0.1) is 5.82 Å². The lowest BCUT2D eigenvalue weighted by atomic mass is 9.98. The Hall–Kier alpha value is -3.19. The second-order valence-electron chi connectivity index (χ2n) is 8.76. The number of benzene rings is 2. The van der Waals surface area contributed by atoms with E-state index < -0.39 is 17.3 Å². The van der Waals surface area contributed by atoms with E-state index >= 15 is 0 Å². The maximum Gasteiger partial charge on any atom is 0.290 e. The summed E-state index contributed by atoms with van der Waals surface area (Å²) in [6, 6.07) is 10.5. The van der Waals surface area contributed by atoms with Gasteiger partial charge in [0, 0.05) is 13.2 Å². The van der Waals surface area contributed by atoms with Gasteiger partial charge in [0.15, 0.2) is 5.43 Å². The van der Waals surface area contributed by atoms with E-state index in [1.807, 2.05) is 38.1 Å². The molecule has 0 spiro atoms. The van der Waals surface area contributed by atoms with Gasteiger partial charge >= 0.3 is 0 Å². The van der Waals surface area contributed by atoms with E-state index in [-0.39, 0.29) is 34.3 Å². The van der Waals surface area contributed by atoms with Gasteiger partial charge < -0.3 is 18.8 Å². The van der Waals surface area contributed by atoms with Crippen LogP contribution in [0.5, 0.6) is 5.75 Å². The largest absolute Gasteiger partial charge is 0.494 e. The Bertz CT molecular complexity index is 1220. The van der Waals surface area contributed by atoms with Crippen LogP contribution in [0.4, 0.5) is 4.39 Å². The third-order valence-electron chi connectivity index (χ3n) is 5.88. The highest BCUT2D eigenvalue weighted by Gasteiger charge is 2.42. The van der Waals surface area contributed by atoms with Crippen molar-refractivity contribution in [1.82, 2.24) is 4.90 Å². The van der Waals surface area contributed by atoms with Gasteiger partial charge in [-0.15, -0.1) is 0 Å². The molecule has 4 rings (SSSR count). The molecular formula is C27H30FNO5. The summed E-state index contributed by atoms with van der Waals surface area (Å²) in [6.07, 6.45) is 2.70. The van der Waals surface area contributed by atoms with Crippen molar-refractivity contribution >= 4 is 16.9 Å². The Labute approximate surface area is 198 Å². The summed E-state index contributed by atoms with van der Waals surface area (Å²) in [5.41, 5.74) is 0.815. The van der Waals surface area contributed by atoms with E-state index in [1.165, 1.54) is 12.1 Å². The molecule has 1 aliphatic heterocycles. The minimum Gasteiger partial charge on any atom is -0.494 e. The van der Waals surface area contributed by atoms with Crippen molar-refractivity contribution < 1.29 is 23.1 Å². The highest BCUT2D eigenvalue weighted by atomic mass is 19.1. The normalized spacial score (nSPS) is 15.4. The van der Waals surface area contributed by atoms with Crippen LogP contribution < -0.4 is 10.2 Å². The zero-order chi connectivity index (χ0) is 24.2. The number of fused-ring (bicyclic) bond motifs is 2. The van der Waals surface area contributed by atoms with E-state index in [0.29, 0.717) is 26.2 Å². The van der Waals surface area contributed by atoms with Gasteiger partial charge in [-0.1, -0.05) is 25.5 Å². The Morgan fingerprint density at radius 1 is 1.06 bits per heavy atom. The van der Waals surface area contributed by atoms with Crippen molar-refractivity contribution in [2.75, 3.05) is 19.8 Å². The van der Waals surface area contributed by atoms with Crippen molar-refractivity contribution in [3.8, 4) is 5.75 Å². The molecule has 0 bridgehead atoms. The molecule has 1 amide bonds. The first-order chi connectivity index (χ1) is 16.4. The molecule has 0 radical (unpaired) electrons. The first-order valence-electron chi connectivity index (χ1n) is 11.8. The Morgan fingerprint density at radius 3 is 2.53 bits per heavy atom. The van der Waals surface area contributed by atoms with Gasteiger partial charge in [0.05, 0.1) is 29.7 Å². The van der Waals surface area contributed by atoms with E-state index in [1.54, 1.807) is 4.90 Å². The number of carbonyl (C=O) groups excluding carboxylic acids is 1. The molecule has 1 aromatic heterocycles. The van der Waals surface area contributed by atoms with Crippen LogP contribution in [0.1, 0.15) is 67.8 Å². The maximum atomic E-state index is 13.9. The van der Waals surface area contributed by atoms with Gasteiger partial charge in [-0.05, 0) is 62.6 Å². The Balaban J connectivity index is 1.73. The van der Waals surface area contributed by atoms with Gasteiger partial charge in [0.2, 0.25) is 5.76 Å². The van der Waals surface area contributed by atoms with Crippen LogP contribution in [-0.2, 0) is 4.74 Å². The summed E-state index contributed by atoms with van der Waals surface area (Å²) in [5, 5.41) is 0.126. The summed E-state index contributed by atoms with van der Waals surface area (Å²) < 4.78 is 31.1. The average Bonchev–Trinajstić information content (AvgIpc) is 3.09. The minimum atomic E-state index is -0.629. The van der Waals surface area contributed by atoms with E-state index in [4.69, 9.17) is 13.9 Å². The molecule has 1 atom stereocenters. The predicted molar refractivity (Wildman–Crippen MR) is 128 cm³/mol. The van der Waals surface area contributed by atoms with Crippen LogP contribution >= 0.6 is 0 Å². The Morgan fingerprint density at radius 2 is 1.82 bits per heavy atom. The van der Waals surface area contributed by atoms with Crippen molar-refractivity contribution in [3.63, 3.8) is 0 Å². The molecule has 0 aliphatic carbocycles. The SMILES string of the molecule is CCCCOc1ccc(C2c3c(oc4ccc(F)cc4c3=O)C(=O)N2CCCOC(C)C)cc1. The van der Waals surface area contributed by atoms with Crippen LogP contribution in [-0.4, -0.2) is 36.7 Å². The molecule has 180 valence electrons. The molecule has 2 heterocycles. The number of rotatable bonds is 10. The third kappa shape index (κ3) is 4.85. The van der Waals surface area contributed by atoms with Crippen LogP contribution in [0.15, 0.2) is 51.7 Å². The van der Waals surface area contributed by atoms with Gasteiger partial charge in [-0.2, -0.15) is 0 Å². The molecule has 0 saturated carbocycles. The zero-order valence-electron chi connectivity index (χ0n) is 19.8. The highest BCUT2D eigenvalue weighted by Crippen LogP contribution is 2.38. The van der Waals surface area contributed by atoms with Crippen molar-refractivity contribution in [3.05, 3.63) is 75.4 Å². The fourth-order valence-electron chi connectivity index (χ4n) is 4.20. The number of hydrogen-bond donors (Lipinski definition) is 0. The second kappa shape index (κ2) is 10.4. The van der Waals surface area contributed by atoms with Gasteiger partial charge in [-0.3, -0.25) is 9.59 Å². The average molecular weight is 468 g/mol. The molecule has 1 unspecified atom stereocenters. The van der Waals surface area contributed by atoms with Gasteiger partial charge in [0.25, 0.3) is 5.91 Å². The number of halogens is 1. The molecule has 0 fully saturated rings. The van der Waals surface area contributed by atoms with E-state index in [2.05, 4.69) is 6.92 Å². The first-order valence-corrected chi connectivity index (χ1v) is 11.8. The van der Waals surface area contributed by atoms with Crippen LogP contribution in [0.3, 0.4) is 0 Å². The molecule has 3 aromatic rings. The number of ether oxygens (including phenoxy) is 2. The smallest absolute Gasteiger partial charge is 0.290 e. The quantitative estimate of drug-likeness (QED) is 0.370. The molecule has 34 heavy (non-hydrogen) atoms. The summed E-state index contributed by atoms with van der Waals surface area (Å²) in [6.45, 7) is 7.52. The third-order valence-corrected chi connectivity index (χ3v) is 5.88. The lowest BCUT2D eigenvalue weighted by Crippen LogP contribution is -2.31. The number of unbranched alkanes of at least 4 members (excludes halogenated alkanes) is 1. The van der Waals surface area contributed by atoms with Gasteiger partial charge in [0.1, 0.15) is 17.1 Å². The Kier molecular flexibility index (Phi) is 7.32. The topological polar surface area (TPSA) is 69.0 Å². The fraction of sp³-hybridized carbons (Fsp3) is 0.407. The second-order valence-corrected chi connectivity index (χ2v) is 8.76. The van der Waals surface area contributed by atoms with Gasteiger partial charge in [-0.25, -0.2) is 4.39 Å². The molecule has 1 aliphatic rings.